The molecule has 0 heterocycles. The summed E-state index contributed by atoms with van der Waals surface area (Å²) in [5.41, 5.74) is 0.654. The van der Waals surface area contributed by atoms with Crippen LogP contribution >= 0.6 is 0 Å². The fourth-order valence-corrected chi connectivity index (χ4v) is 3.82. The molecule has 3 heteroatoms. The Morgan fingerprint density at radius 2 is 1.61 bits per heavy atom. The van der Waals surface area contributed by atoms with Gasteiger partial charge in [0.15, 0.2) is 5.78 Å². The van der Waals surface area contributed by atoms with Crippen molar-refractivity contribution < 1.29 is 14.7 Å². The molecule has 94 valence electrons. The molecule has 3 nitrogen and oxygen atoms in total. The highest BCUT2D eigenvalue weighted by Crippen LogP contribution is 2.53. The first-order valence-electron chi connectivity index (χ1n) is 6.50. The number of hydrogen-bond donors (Lipinski definition) is 1. The van der Waals surface area contributed by atoms with Crippen LogP contribution in [0.2, 0.25) is 0 Å². The fraction of sp³-hybridized carbons (Fsp3) is 0.467. The number of carboxylic acid groups (broad SMARTS) is 1. The van der Waals surface area contributed by atoms with Crippen molar-refractivity contribution in [2.45, 2.75) is 19.3 Å². The molecule has 0 radical (unpaired) electrons. The number of Topliss-reactive ketones (excluding diaryl/α,β-unsaturated/α-hetero) is 1. The minimum atomic E-state index is -0.795. The quantitative estimate of drug-likeness (QED) is 0.831. The van der Waals surface area contributed by atoms with E-state index in [1.807, 2.05) is 18.2 Å². The Morgan fingerprint density at radius 3 is 2.22 bits per heavy atom. The maximum Gasteiger partial charge on any atom is 0.307 e. The van der Waals surface area contributed by atoms with E-state index in [9.17, 15) is 14.7 Å². The summed E-state index contributed by atoms with van der Waals surface area (Å²) in [6.45, 7) is 0. The van der Waals surface area contributed by atoms with Gasteiger partial charge in [-0.3, -0.25) is 9.59 Å². The van der Waals surface area contributed by atoms with Crippen molar-refractivity contribution >= 4 is 11.8 Å². The number of fused-ring (bicyclic) bond motifs is 2. The number of aliphatic carboxylic acids is 1. The van der Waals surface area contributed by atoms with Crippen LogP contribution in [0.1, 0.15) is 29.6 Å². The highest BCUT2D eigenvalue weighted by atomic mass is 16.4. The molecule has 0 aromatic heterocycles. The van der Waals surface area contributed by atoms with Gasteiger partial charge in [0.1, 0.15) is 0 Å². The van der Waals surface area contributed by atoms with Crippen molar-refractivity contribution in [1.29, 1.82) is 0 Å². The minimum Gasteiger partial charge on any atom is -0.481 e. The van der Waals surface area contributed by atoms with Crippen molar-refractivity contribution in [3.8, 4) is 0 Å². The Balaban J connectivity index is 1.91. The number of carboxylic acids is 1. The van der Waals surface area contributed by atoms with Crippen LogP contribution in [-0.4, -0.2) is 16.9 Å². The van der Waals surface area contributed by atoms with E-state index in [4.69, 9.17) is 0 Å². The van der Waals surface area contributed by atoms with Gasteiger partial charge in [0.25, 0.3) is 0 Å². The van der Waals surface area contributed by atoms with Gasteiger partial charge < -0.3 is 5.11 Å². The maximum atomic E-state index is 12.5. The Hall–Kier alpha value is -1.64. The third-order valence-electron chi connectivity index (χ3n) is 4.56. The zero-order valence-electron chi connectivity index (χ0n) is 10.1. The van der Waals surface area contributed by atoms with Crippen LogP contribution in [0.25, 0.3) is 0 Å². The molecule has 4 atom stereocenters. The van der Waals surface area contributed by atoms with Crippen LogP contribution in [0.15, 0.2) is 30.3 Å². The number of carbonyl (C=O) groups is 2. The van der Waals surface area contributed by atoms with E-state index in [0.29, 0.717) is 5.56 Å². The van der Waals surface area contributed by atoms with Crippen LogP contribution in [0.4, 0.5) is 0 Å². The number of ketones is 1. The van der Waals surface area contributed by atoms with E-state index in [1.54, 1.807) is 12.1 Å². The van der Waals surface area contributed by atoms with E-state index in [1.165, 1.54) is 0 Å². The average molecular weight is 244 g/mol. The molecule has 2 bridgehead atoms. The molecule has 0 saturated heterocycles. The topological polar surface area (TPSA) is 54.4 Å². The van der Waals surface area contributed by atoms with Gasteiger partial charge in [0, 0.05) is 11.5 Å². The Kier molecular flexibility index (Phi) is 2.69. The number of rotatable bonds is 3. The van der Waals surface area contributed by atoms with Crippen LogP contribution in [-0.2, 0) is 4.79 Å². The van der Waals surface area contributed by atoms with Crippen molar-refractivity contribution in [2.75, 3.05) is 0 Å². The van der Waals surface area contributed by atoms with Crippen molar-refractivity contribution in [1.82, 2.24) is 0 Å². The lowest BCUT2D eigenvalue weighted by Crippen LogP contribution is -2.34. The van der Waals surface area contributed by atoms with E-state index < -0.39 is 11.9 Å². The van der Waals surface area contributed by atoms with Gasteiger partial charge in [-0.15, -0.1) is 0 Å². The molecule has 0 aliphatic heterocycles. The van der Waals surface area contributed by atoms with E-state index in [-0.39, 0.29) is 23.5 Å². The van der Waals surface area contributed by atoms with E-state index in [2.05, 4.69) is 0 Å². The molecular formula is C15H16O3. The first-order valence-corrected chi connectivity index (χ1v) is 6.50. The highest BCUT2D eigenvalue weighted by molar-refractivity contribution is 6.00. The van der Waals surface area contributed by atoms with Gasteiger partial charge in [-0.05, 0) is 31.1 Å². The average Bonchev–Trinajstić information content (AvgIpc) is 2.99. The van der Waals surface area contributed by atoms with Crippen LogP contribution in [0.5, 0.6) is 0 Å². The molecular weight excluding hydrogens is 228 g/mol. The standard InChI is InChI=1S/C15H16O3/c16-14(9-4-2-1-3-5-9)12-10-6-7-11(8-10)13(12)15(17)18/h1-5,10-13H,6-8H2,(H,17,18)/t10-,11+,12+,13-/m1/s1. The number of hydrogen-bond acceptors (Lipinski definition) is 2. The second kappa shape index (κ2) is 4.23. The second-order valence-corrected chi connectivity index (χ2v) is 5.45. The predicted molar refractivity (Wildman–Crippen MR) is 66.2 cm³/mol. The van der Waals surface area contributed by atoms with Gasteiger partial charge in [-0.2, -0.15) is 0 Å². The zero-order chi connectivity index (χ0) is 12.7. The summed E-state index contributed by atoms with van der Waals surface area (Å²) in [6, 6.07) is 9.10. The zero-order valence-corrected chi connectivity index (χ0v) is 10.1. The summed E-state index contributed by atoms with van der Waals surface area (Å²) in [6.07, 6.45) is 2.90. The van der Waals surface area contributed by atoms with Gasteiger partial charge in [-0.1, -0.05) is 30.3 Å². The monoisotopic (exact) mass is 244 g/mol. The summed E-state index contributed by atoms with van der Waals surface area (Å²) in [4.78, 5) is 23.9. The van der Waals surface area contributed by atoms with Crippen molar-refractivity contribution in [3.63, 3.8) is 0 Å². The van der Waals surface area contributed by atoms with E-state index in [0.717, 1.165) is 19.3 Å². The molecule has 2 aliphatic rings. The molecule has 3 rings (SSSR count). The third kappa shape index (κ3) is 1.65. The molecule has 18 heavy (non-hydrogen) atoms. The summed E-state index contributed by atoms with van der Waals surface area (Å²) in [5, 5.41) is 9.35. The summed E-state index contributed by atoms with van der Waals surface area (Å²) in [7, 11) is 0. The third-order valence-corrected chi connectivity index (χ3v) is 4.56. The van der Waals surface area contributed by atoms with Crippen molar-refractivity contribution in [3.05, 3.63) is 35.9 Å². The first kappa shape index (κ1) is 11.5. The highest BCUT2D eigenvalue weighted by Gasteiger charge is 2.53. The smallest absolute Gasteiger partial charge is 0.307 e. The van der Waals surface area contributed by atoms with Crippen LogP contribution < -0.4 is 0 Å². The molecule has 2 saturated carbocycles. The molecule has 0 spiro atoms. The predicted octanol–water partition coefficient (Wildman–Crippen LogP) is 2.62. The molecule has 1 aromatic rings. The minimum absolute atomic E-state index is 0.0233. The summed E-state index contributed by atoms with van der Waals surface area (Å²) >= 11 is 0. The Morgan fingerprint density at radius 1 is 1.00 bits per heavy atom. The van der Waals surface area contributed by atoms with Crippen LogP contribution in [0, 0.1) is 23.7 Å². The molecule has 1 N–H and O–H groups in total. The lowest BCUT2D eigenvalue weighted by atomic mass is 9.75. The number of benzene rings is 1. The van der Waals surface area contributed by atoms with Gasteiger partial charge in [0.05, 0.1) is 5.92 Å². The normalized spacial score (nSPS) is 33.6. The fourth-order valence-electron chi connectivity index (χ4n) is 3.82. The lowest BCUT2D eigenvalue weighted by molar-refractivity contribution is -0.144. The molecule has 2 aliphatic carbocycles. The molecule has 0 amide bonds. The Bertz CT molecular complexity index is 480. The lowest BCUT2D eigenvalue weighted by Gasteiger charge is -2.26. The SMILES string of the molecule is O=C(O)[C@@H]1[C@H]2CC[C@H](C2)[C@@H]1C(=O)c1ccccc1. The molecule has 2 fully saturated rings. The first-order chi connectivity index (χ1) is 8.68. The summed E-state index contributed by atoms with van der Waals surface area (Å²) in [5.74, 6) is -1.04. The molecule has 1 aromatic carbocycles. The van der Waals surface area contributed by atoms with Gasteiger partial charge >= 0.3 is 5.97 Å². The second-order valence-electron chi connectivity index (χ2n) is 5.45. The largest absolute Gasteiger partial charge is 0.481 e. The van der Waals surface area contributed by atoms with Gasteiger partial charge in [0.2, 0.25) is 0 Å². The van der Waals surface area contributed by atoms with Gasteiger partial charge in [-0.25, -0.2) is 0 Å². The van der Waals surface area contributed by atoms with Crippen LogP contribution in [0.3, 0.4) is 0 Å². The maximum absolute atomic E-state index is 12.5. The van der Waals surface area contributed by atoms with E-state index >= 15 is 0 Å². The number of carbonyl (C=O) groups excluding carboxylic acids is 1. The Labute approximate surface area is 106 Å². The molecule has 0 unspecified atom stereocenters. The van der Waals surface area contributed by atoms with Crippen molar-refractivity contribution in [2.24, 2.45) is 23.7 Å². The summed E-state index contributed by atoms with van der Waals surface area (Å²) < 4.78 is 0.